The Hall–Kier alpha value is -3.00. The van der Waals surface area contributed by atoms with E-state index < -0.39 is 0 Å². The number of benzene rings is 1. The third-order valence-electron chi connectivity index (χ3n) is 3.59. The molecule has 1 amide bonds. The van der Waals surface area contributed by atoms with E-state index in [9.17, 15) is 4.79 Å². The number of thiazole rings is 1. The summed E-state index contributed by atoms with van der Waals surface area (Å²) in [6, 6.07) is 10.1. The van der Waals surface area contributed by atoms with Gasteiger partial charge in [-0.25, -0.2) is 9.97 Å². The van der Waals surface area contributed by atoms with Gasteiger partial charge < -0.3 is 10.3 Å². The standard InChI is InChI=1S/C16H14N6OS/c23-15(18-5-6-22-10-17-9-19-22)14-8-24-16(21-14)13-7-11-3-1-2-4-12(11)20-13/h1-4,7-10,20H,5-6H2,(H,18,23). The average molecular weight is 338 g/mol. The average Bonchev–Trinajstić information content (AvgIpc) is 3.33. The highest BCUT2D eigenvalue weighted by molar-refractivity contribution is 7.13. The molecule has 0 bridgehead atoms. The number of H-pyrrole nitrogens is 1. The minimum absolute atomic E-state index is 0.186. The van der Waals surface area contributed by atoms with Gasteiger partial charge in [0.1, 0.15) is 23.4 Å². The molecule has 0 aliphatic carbocycles. The van der Waals surface area contributed by atoms with Gasteiger partial charge in [0.2, 0.25) is 0 Å². The quantitative estimate of drug-likeness (QED) is 0.584. The number of aromatic nitrogens is 5. The van der Waals surface area contributed by atoms with Crippen LogP contribution in [0.1, 0.15) is 10.5 Å². The summed E-state index contributed by atoms with van der Waals surface area (Å²) in [6.45, 7) is 1.05. The third kappa shape index (κ3) is 2.91. The maximum Gasteiger partial charge on any atom is 0.270 e. The van der Waals surface area contributed by atoms with Crippen molar-refractivity contribution in [2.75, 3.05) is 6.54 Å². The summed E-state index contributed by atoms with van der Waals surface area (Å²) in [5.74, 6) is -0.186. The topological polar surface area (TPSA) is 88.5 Å². The zero-order valence-corrected chi connectivity index (χ0v) is 13.5. The van der Waals surface area contributed by atoms with Crippen LogP contribution >= 0.6 is 11.3 Å². The Morgan fingerprint density at radius 2 is 2.25 bits per heavy atom. The van der Waals surface area contributed by atoms with Gasteiger partial charge >= 0.3 is 0 Å². The van der Waals surface area contributed by atoms with Crippen molar-refractivity contribution in [3.8, 4) is 10.7 Å². The Balaban J connectivity index is 1.44. The van der Waals surface area contributed by atoms with E-state index in [1.807, 2.05) is 30.3 Å². The van der Waals surface area contributed by atoms with Crippen LogP contribution in [0, 0.1) is 0 Å². The summed E-state index contributed by atoms with van der Waals surface area (Å²) in [7, 11) is 0. The number of nitrogens with zero attached hydrogens (tertiary/aromatic N) is 4. The fraction of sp³-hybridized carbons (Fsp3) is 0.125. The molecule has 120 valence electrons. The molecule has 0 atom stereocenters. The van der Waals surface area contributed by atoms with Crippen LogP contribution in [-0.2, 0) is 6.54 Å². The summed E-state index contributed by atoms with van der Waals surface area (Å²) in [6.07, 6.45) is 3.08. The maximum atomic E-state index is 12.2. The number of fused-ring (bicyclic) bond motifs is 1. The van der Waals surface area contributed by atoms with E-state index in [1.54, 1.807) is 16.4 Å². The fourth-order valence-electron chi connectivity index (χ4n) is 2.41. The smallest absolute Gasteiger partial charge is 0.270 e. The van der Waals surface area contributed by atoms with Gasteiger partial charge in [-0.3, -0.25) is 9.48 Å². The normalized spacial score (nSPS) is 11.0. The van der Waals surface area contributed by atoms with Crippen molar-refractivity contribution >= 4 is 28.1 Å². The molecule has 0 radical (unpaired) electrons. The molecule has 0 fully saturated rings. The first-order chi connectivity index (χ1) is 11.8. The van der Waals surface area contributed by atoms with Gasteiger partial charge in [-0.05, 0) is 12.1 Å². The van der Waals surface area contributed by atoms with Crippen LogP contribution in [0.3, 0.4) is 0 Å². The molecular weight excluding hydrogens is 324 g/mol. The summed E-state index contributed by atoms with van der Waals surface area (Å²) >= 11 is 1.45. The van der Waals surface area contributed by atoms with Crippen LogP contribution in [0.4, 0.5) is 0 Å². The van der Waals surface area contributed by atoms with Gasteiger partial charge in [0.15, 0.2) is 0 Å². The van der Waals surface area contributed by atoms with Crippen LogP contribution in [0.15, 0.2) is 48.4 Å². The number of hydrogen-bond donors (Lipinski definition) is 2. The summed E-state index contributed by atoms with van der Waals surface area (Å²) in [4.78, 5) is 23.8. The molecule has 0 saturated carbocycles. The lowest BCUT2D eigenvalue weighted by Crippen LogP contribution is -2.27. The SMILES string of the molecule is O=C(NCCn1cncn1)c1csc(-c2cc3ccccc3[nH]2)n1. The first-order valence-electron chi connectivity index (χ1n) is 7.44. The van der Waals surface area contributed by atoms with E-state index in [1.165, 1.54) is 17.7 Å². The zero-order valence-electron chi connectivity index (χ0n) is 12.6. The minimum atomic E-state index is -0.186. The van der Waals surface area contributed by atoms with E-state index in [0.717, 1.165) is 21.6 Å². The number of aromatic amines is 1. The zero-order chi connectivity index (χ0) is 16.4. The Morgan fingerprint density at radius 1 is 1.33 bits per heavy atom. The molecule has 0 aliphatic rings. The first kappa shape index (κ1) is 14.6. The summed E-state index contributed by atoms with van der Waals surface area (Å²) in [5, 5.41) is 10.5. The second-order valence-electron chi connectivity index (χ2n) is 5.22. The van der Waals surface area contributed by atoms with Crippen molar-refractivity contribution in [2.24, 2.45) is 0 Å². The first-order valence-corrected chi connectivity index (χ1v) is 8.32. The molecule has 1 aromatic carbocycles. The van der Waals surface area contributed by atoms with E-state index in [0.29, 0.717) is 18.8 Å². The Bertz CT molecular complexity index is 938. The maximum absolute atomic E-state index is 12.2. The highest BCUT2D eigenvalue weighted by atomic mass is 32.1. The second kappa shape index (κ2) is 6.25. The van der Waals surface area contributed by atoms with Crippen molar-refractivity contribution < 1.29 is 4.79 Å². The van der Waals surface area contributed by atoms with Crippen molar-refractivity contribution in [2.45, 2.75) is 6.54 Å². The van der Waals surface area contributed by atoms with Crippen molar-refractivity contribution in [1.82, 2.24) is 30.0 Å². The van der Waals surface area contributed by atoms with Gasteiger partial charge in [0, 0.05) is 22.8 Å². The lowest BCUT2D eigenvalue weighted by Gasteiger charge is -2.02. The molecule has 3 aromatic heterocycles. The number of para-hydroxylation sites is 1. The lowest BCUT2D eigenvalue weighted by atomic mass is 10.2. The van der Waals surface area contributed by atoms with Gasteiger partial charge in [0.05, 0.1) is 12.2 Å². The predicted molar refractivity (Wildman–Crippen MR) is 91.8 cm³/mol. The van der Waals surface area contributed by atoms with Crippen LogP contribution in [0.25, 0.3) is 21.6 Å². The van der Waals surface area contributed by atoms with Gasteiger partial charge in [0.25, 0.3) is 5.91 Å². The van der Waals surface area contributed by atoms with Crippen LogP contribution in [-0.4, -0.2) is 37.2 Å². The lowest BCUT2D eigenvalue weighted by molar-refractivity contribution is 0.0947. The molecule has 7 nitrogen and oxygen atoms in total. The highest BCUT2D eigenvalue weighted by Crippen LogP contribution is 2.26. The highest BCUT2D eigenvalue weighted by Gasteiger charge is 2.13. The number of hydrogen-bond acceptors (Lipinski definition) is 5. The van der Waals surface area contributed by atoms with Gasteiger partial charge in [-0.1, -0.05) is 18.2 Å². The number of nitrogens with one attached hydrogen (secondary N) is 2. The number of carbonyl (C=O) groups excluding carboxylic acids is 1. The van der Waals surface area contributed by atoms with Crippen LogP contribution < -0.4 is 5.32 Å². The number of rotatable bonds is 5. The van der Waals surface area contributed by atoms with E-state index in [4.69, 9.17) is 0 Å². The monoisotopic (exact) mass is 338 g/mol. The van der Waals surface area contributed by atoms with Crippen molar-refractivity contribution in [3.63, 3.8) is 0 Å². The fourth-order valence-corrected chi connectivity index (χ4v) is 3.18. The Kier molecular flexibility index (Phi) is 3.80. The number of carbonyl (C=O) groups is 1. The summed E-state index contributed by atoms with van der Waals surface area (Å²) in [5.41, 5.74) is 2.40. The summed E-state index contributed by atoms with van der Waals surface area (Å²) < 4.78 is 1.66. The molecule has 0 saturated heterocycles. The molecule has 0 unspecified atom stereocenters. The molecule has 0 aliphatic heterocycles. The Labute approximate surface area is 141 Å². The Morgan fingerprint density at radius 3 is 3.08 bits per heavy atom. The number of amides is 1. The molecular formula is C16H14N6OS. The van der Waals surface area contributed by atoms with E-state index in [2.05, 4.69) is 25.4 Å². The minimum Gasteiger partial charge on any atom is -0.353 e. The molecule has 4 rings (SSSR count). The van der Waals surface area contributed by atoms with Crippen molar-refractivity contribution in [3.05, 3.63) is 54.1 Å². The molecule has 4 aromatic rings. The predicted octanol–water partition coefficient (Wildman–Crippen LogP) is 2.31. The van der Waals surface area contributed by atoms with E-state index >= 15 is 0 Å². The molecule has 8 heteroatoms. The van der Waals surface area contributed by atoms with Gasteiger partial charge in [-0.2, -0.15) is 5.10 Å². The molecule has 24 heavy (non-hydrogen) atoms. The largest absolute Gasteiger partial charge is 0.353 e. The van der Waals surface area contributed by atoms with Gasteiger partial charge in [-0.15, -0.1) is 11.3 Å². The molecule has 3 heterocycles. The van der Waals surface area contributed by atoms with E-state index in [-0.39, 0.29) is 5.91 Å². The van der Waals surface area contributed by atoms with Crippen molar-refractivity contribution in [1.29, 1.82) is 0 Å². The molecule has 0 spiro atoms. The van der Waals surface area contributed by atoms with Crippen LogP contribution in [0.2, 0.25) is 0 Å². The van der Waals surface area contributed by atoms with Crippen LogP contribution in [0.5, 0.6) is 0 Å². The molecule has 2 N–H and O–H groups in total. The third-order valence-corrected chi connectivity index (χ3v) is 4.47. The second-order valence-corrected chi connectivity index (χ2v) is 6.08.